The molecule has 2 aromatic heterocycles. The predicted molar refractivity (Wildman–Crippen MR) is 75.4 cm³/mol. The maximum absolute atomic E-state index is 4.75. The minimum Gasteiger partial charge on any atom is -0.276 e. The Hall–Kier alpha value is -2.68. The molecule has 88 valence electrons. The highest BCUT2D eigenvalue weighted by Crippen LogP contribution is 2.40. The average molecular weight is 243 g/mol. The summed E-state index contributed by atoms with van der Waals surface area (Å²) in [7, 11) is 0. The second-order valence-corrected chi connectivity index (χ2v) is 4.81. The van der Waals surface area contributed by atoms with Crippen molar-refractivity contribution in [1.29, 1.82) is 0 Å². The fourth-order valence-electron chi connectivity index (χ4n) is 2.81. The van der Waals surface area contributed by atoms with Gasteiger partial charge in [-0.3, -0.25) is 4.57 Å². The largest absolute Gasteiger partial charge is 0.276 e. The lowest BCUT2D eigenvalue weighted by Gasteiger charge is -2.21. The van der Waals surface area contributed by atoms with Crippen molar-refractivity contribution in [2.75, 3.05) is 0 Å². The molecular weight excluding hydrogens is 234 g/mol. The molecule has 0 spiro atoms. The number of rotatable bonds is 0. The molecule has 0 saturated carbocycles. The number of pyridine rings is 1. The van der Waals surface area contributed by atoms with E-state index in [-0.39, 0.29) is 0 Å². The SMILES string of the molecule is c1ccc2nc3c(cc2c1)-c1nc2ccccc2n1-3. The molecule has 0 amide bonds. The Labute approximate surface area is 109 Å². The summed E-state index contributed by atoms with van der Waals surface area (Å²) < 4.78 is 2.14. The summed E-state index contributed by atoms with van der Waals surface area (Å²) in [5, 5.41) is 1.17. The molecule has 2 aromatic carbocycles. The molecule has 4 aromatic rings. The van der Waals surface area contributed by atoms with Gasteiger partial charge in [0.1, 0.15) is 0 Å². The van der Waals surface area contributed by atoms with Gasteiger partial charge in [-0.25, -0.2) is 9.97 Å². The Morgan fingerprint density at radius 2 is 1.58 bits per heavy atom. The molecule has 5 rings (SSSR count). The second-order valence-electron chi connectivity index (χ2n) is 4.81. The van der Waals surface area contributed by atoms with Crippen LogP contribution < -0.4 is 0 Å². The summed E-state index contributed by atoms with van der Waals surface area (Å²) in [6, 6.07) is 18.6. The van der Waals surface area contributed by atoms with Gasteiger partial charge in [0.15, 0.2) is 11.6 Å². The van der Waals surface area contributed by atoms with Crippen molar-refractivity contribution < 1.29 is 0 Å². The third-order valence-corrected chi connectivity index (χ3v) is 3.72. The summed E-state index contributed by atoms with van der Waals surface area (Å²) in [5.41, 5.74) is 4.34. The van der Waals surface area contributed by atoms with Gasteiger partial charge in [0, 0.05) is 5.39 Å². The first-order chi connectivity index (χ1) is 9.42. The van der Waals surface area contributed by atoms with E-state index >= 15 is 0 Å². The van der Waals surface area contributed by atoms with Gasteiger partial charge in [-0.15, -0.1) is 0 Å². The molecule has 0 bridgehead atoms. The fourth-order valence-corrected chi connectivity index (χ4v) is 2.81. The van der Waals surface area contributed by atoms with Gasteiger partial charge in [-0.1, -0.05) is 30.3 Å². The van der Waals surface area contributed by atoms with Crippen LogP contribution in [-0.2, 0) is 0 Å². The van der Waals surface area contributed by atoms with Crippen LogP contribution >= 0.6 is 0 Å². The van der Waals surface area contributed by atoms with Gasteiger partial charge in [0.2, 0.25) is 0 Å². The molecule has 0 radical (unpaired) electrons. The summed E-state index contributed by atoms with van der Waals surface area (Å²) in [6.45, 7) is 0. The van der Waals surface area contributed by atoms with Crippen LogP contribution in [0, 0.1) is 0 Å². The molecule has 1 aliphatic heterocycles. The van der Waals surface area contributed by atoms with Crippen molar-refractivity contribution in [2.45, 2.75) is 0 Å². The van der Waals surface area contributed by atoms with Gasteiger partial charge in [0.05, 0.1) is 22.1 Å². The molecule has 0 saturated heterocycles. The molecule has 0 N–H and O–H groups in total. The zero-order valence-corrected chi connectivity index (χ0v) is 10.0. The molecule has 19 heavy (non-hydrogen) atoms. The van der Waals surface area contributed by atoms with Gasteiger partial charge in [-0.2, -0.15) is 0 Å². The second kappa shape index (κ2) is 3.01. The molecule has 0 atom stereocenters. The quantitative estimate of drug-likeness (QED) is 0.416. The standard InChI is InChI=1S/C16H9N3/c1-2-6-12-10(5-1)9-11-15(17-12)19-14-8-4-3-7-13(14)18-16(11)19/h1-9H. The van der Waals surface area contributed by atoms with Crippen molar-refractivity contribution in [1.82, 2.24) is 14.5 Å². The predicted octanol–water partition coefficient (Wildman–Crippen LogP) is 3.55. The van der Waals surface area contributed by atoms with E-state index in [0.717, 1.165) is 33.8 Å². The maximum Gasteiger partial charge on any atom is 0.150 e. The van der Waals surface area contributed by atoms with Gasteiger partial charge < -0.3 is 0 Å². The summed E-state index contributed by atoms with van der Waals surface area (Å²) >= 11 is 0. The van der Waals surface area contributed by atoms with Crippen LogP contribution in [0.1, 0.15) is 0 Å². The van der Waals surface area contributed by atoms with Crippen molar-refractivity contribution >= 4 is 21.9 Å². The molecule has 0 aliphatic carbocycles. The minimum atomic E-state index is 1.02. The van der Waals surface area contributed by atoms with Crippen LogP contribution in [0.2, 0.25) is 0 Å². The van der Waals surface area contributed by atoms with E-state index in [0.29, 0.717) is 0 Å². The van der Waals surface area contributed by atoms with E-state index in [9.17, 15) is 0 Å². The Balaban J connectivity index is 1.91. The van der Waals surface area contributed by atoms with E-state index in [2.05, 4.69) is 27.8 Å². The van der Waals surface area contributed by atoms with E-state index in [1.54, 1.807) is 0 Å². The number of nitrogens with zero attached hydrogens (tertiary/aromatic N) is 3. The summed E-state index contributed by atoms with van der Waals surface area (Å²) in [6.07, 6.45) is 0. The zero-order valence-electron chi connectivity index (χ0n) is 10.0. The molecule has 0 fully saturated rings. The Bertz CT molecular complexity index is 966. The minimum absolute atomic E-state index is 1.02. The maximum atomic E-state index is 4.75. The van der Waals surface area contributed by atoms with Gasteiger partial charge >= 0.3 is 0 Å². The monoisotopic (exact) mass is 243 g/mol. The highest BCUT2D eigenvalue weighted by molar-refractivity contribution is 5.95. The van der Waals surface area contributed by atoms with Crippen LogP contribution in [-0.4, -0.2) is 14.5 Å². The number of benzene rings is 2. The van der Waals surface area contributed by atoms with Crippen molar-refractivity contribution in [3.63, 3.8) is 0 Å². The smallest absolute Gasteiger partial charge is 0.150 e. The summed E-state index contributed by atoms with van der Waals surface area (Å²) in [4.78, 5) is 9.42. The van der Waals surface area contributed by atoms with Crippen molar-refractivity contribution in [3.8, 4) is 17.2 Å². The topological polar surface area (TPSA) is 30.7 Å². The molecule has 3 heteroatoms. The number of imidazole rings is 1. The lowest BCUT2D eigenvalue weighted by atomic mass is 10.1. The lowest BCUT2D eigenvalue weighted by molar-refractivity contribution is 0.983. The van der Waals surface area contributed by atoms with Gasteiger partial charge in [-0.05, 0) is 24.3 Å². The van der Waals surface area contributed by atoms with E-state index in [1.807, 2.05) is 36.4 Å². The van der Waals surface area contributed by atoms with Crippen molar-refractivity contribution in [3.05, 3.63) is 54.6 Å². The van der Waals surface area contributed by atoms with Crippen LogP contribution in [0.5, 0.6) is 0 Å². The Morgan fingerprint density at radius 1 is 0.789 bits per heavy atom. The molecule has 0 unspecified atom stereocenters. The number of para-hydroxylation sites is 3. The number of hydrogen-bond acceptors (Lipinski definition) is 2. The molecule has 3 heterocycles. The van der Waals surface area contributed by atoms with Crippen LogP contribution in [0.25, 0.3) is 39.1 Å². The highest BCUT2D eigenvalue weighted by Gasteiger charge is 2.28. The highest BCUT2D eigenvalue weighted by atomic mass is 15.2. The average Bonchev–Trinajstić information content (AvgIpc) is 2.79. The lowest BCUT2D eigenvalue weighted by Crippen LogP contribution is -2.12. The van der Waals surface area contributed by atoms with E-state index in [4.69, 9.17) is 4.98 Å². The normalized spacial score (nSPS) is 12.2. The van der Waals surface area contributed by atoms with E-state index < -0.39 is 0 Å². The summed E-state index contributed by atoms with van der Waals surface area (Å²) in [5.74, 6) is 2.04. The van der Waals surface area contributed by atoms with Gasteiger partial charge in [0.25, 0.3) is 0 Å². The molecule has 3 nitrogen and oxygen atoms in total. The van der Waals surface area contributed by atoms with Crippen LogP contribution in [0.3, 0.4) is 0 Å². The first-order valence-electron chi connectivity index (χ1n) is 6.30. The zero-order chi connectivity index (χ0) is 12.4. The first-order valence-corrected chi connectivity index (χ1v) is 6.30. The third kappa shape index (κ3) is 1.03. The number of fused-ring (bicyclic) bond motifs is 7. The van der Waals surface area contributed by atoms with Crippen LogP contribution in [0.15, 0.2) is 54.6 Å². The third-order valence-electron chi connectivity index (χ3n) is 3.72. The van der Waals surface area contributed by atoms with E-state index in [1.165, 1.54) is 5.39 Å². The fraction of sp³-hybridized carbons (Fsp3) is 0. The first kappa shape index (κ1) is 9.28. The molecular formula is C16H9N3. The van der Waals surface area contributed by atoms with Crippen molar-refractivity contribution in [2.24, 2.45) is 0 Å². The Morgan fingerprint density at radius 3 is 2.53 bits per heavy atom. The number of hydrogen-bond donors (Lipinski definition) is 0. The Kier molecular flexibility index (Phi) is 1.47. The molecule has 1 aliphatic rings. The number of aromatic nitrogens is 3. The van der Waals surface area contributed by atoms with Crippen LogP contribution in [0.4, 0.5) is 0 Å².